The van der Waals surface area contributed by atoms with E-state index in [2.05, 4.69) is 5.32 Å². The van der Waals surface area contributed by atoms with E-state index in [0.717, 1.165) is 4.90 Å². The van der Waals surface area contributed by atoms with Crippen molar-refractivity contribution in [3.63, 3.8) is 0 Å². The predicted octanol–water partition coefficient (Wildman–Crippen LogP) is 2.80. The lowest BCUT2D eigenvalue weighted by molar-refractivity contribution is -0.119. The first-order valence-electron chi connectivity index (χ1n) is 6.95. The summed E-state index contributed by atoms with van der Waals surface area (Å²) in [5.41, 5.74) is 0.712. The molecule has 2 N–H and O–H groups in total. The number of ether oxygens (including phenoxy) is 1. The Morgan fingerprint density at radius 2 is 2.00 bits per heavy atom. The molecule has 0 aliphatic heterocycles. The summed E-state index contributed by atoms with van der Waals surface area (Å²) in [4.78, 5) is 24.5. The summed E-state index contributed by atoms with van der Waals surface area (Å²) in [6.45, 7) is -0.453. The highest BCUT2D eigenvalue weighted by Gasteiger charge is 2.12. The summed E-state index contributed by atoms with van der Waals surface area (Å²) in [6, 6.07) is 14.7. The summed E-state index contributed by atoms with van der Waals surface area (Å²) in [7, 11) is 0. The fourth-order valence-corrected chi connectivity index (χ4v) is 2.51. The molecule has 0 saturated heterocycles. The fraction of sp³-hybridized carbons (Fsp3) is 0.118. The van der Waals surface area contributed by atoms with Gasteiger partial charge in [0.2, 0.25) is 0 Å². The Labute approximate surface area is 143 Å². The van der Waals surface area contributed by atoms with Gasteiger partial charge in [-0.1, -0.05) is 18.2 Å². The maximum atomic E-state index is 11.9. The first-order valence-corrected chi connectivity index (χ1v) is 7.93. The molecule has 6 nitrogen and oxygen atoms in total. The standard InChI is InChI=1S/C17H14N2O4S/c18-8-9-24-15-7-2-1-6-14(15)19-16(21)11-23-17(22)12-4-3-5-13(20)10-12/h1-7,10,20H,9,11H2,(H,19,21). The molecular formula is C17H14N2O4S. The van der Waals surface area contributed by atoms with Gasteiger partial charge in [-0.2, -0.15) is 5.26 Å². The smallest absolute Gasteiger partial charge is 0.338 e. The number of phenols is 1. The molecule has 0 unspecified atom stereocenters. The minimum Gasteiger partial charge on any atom is -0.508 e. The van der Waals surface area contributed by atoms with Crippen molar-refractivity contribution >= 4 is 29.3 Å². The highest BCUT2D eigenvalue weighted by Crippen LogP contribution is 2.26. The molecule has 0 saturated carbocycles. The van der Waals surface area contributed by atoms with Crippen LogP contribution in [0.15, 0.2) is 53.4 Å². The number of thioether (sulfide) groups is 1. The van der Waals surface area contributed by atoms with Crippen molar-refractivity contribution in [2.24, 2.45) is 0 Å². The van der Waals surface area contributed by atoms with Crippen LogP contribution in [0.4, 0.5) is 5.69 Å². The van der Waals surface area contributed by atoms with Gasteiger partial charge < -0.3 is 15.2 Å². The zero-order valence-corrected chi connectivity index (χ0v) is 13.4. The van der Waals surface area contributed by atoms with Crippen LogP contribution in [0.2, 0.25) is 0 Å². The predicted molar refractivity (Wildman–Crippen MR) is 89.8 cm³/mol. The van der Waals surface area contributed by atoms with Gasteiger partial charge in [-0.15, -0.1) is 11.8 Å². The second-order valence-electron chi connectivity index (χ2n) is 4.62. The molecule has 7 heteroatoms. The van der Waals surface area contributed by atoms with E-state index in [-0.39, 0.29) is 17.1 Å². The molecule has 0 fully saturated rings. The van der Waals surface area contributed by atoms with Crippen molar-refractivity contribution in [2.45, 2.75) is 4.90 Å². The van der Waals surface area contributed by atoms with Gasteiger partial charge in [0.05, 0.1) is 23.1 Å². The number of carbonyl (C=O) groups is 2. The summed E-state index contributed by atoms with van der Waals surface area (Å²) in [5.74, 6) is -0.988. The van der Waals surface area contributed by atoms with Crippen molar-refractivity contribution in [1.29, 1.82) is 5.26 Å². The normalized spacial score (nSPS) is 9.79. The van der Waals surface area contributed by atoms with E-state index < -0.39 is 18.5 Å². The van der Waals surface area contributed by atoms with Gasteiger partial charge in [-0.3, -0.25) is 4.79 Å². The van der Waals surface area contributed by atoms with Gasteiger partial charge in [0, 0.05) is 4.90 Å². The molecule has 0 aromatic heterocycles. The van der Waals surface area contributed by atoms with Gasteiger partial charge in [0.15, 0.2) is 6.61 Å². The number of benzene rings is 2. The summed E-state index contributed by atoms with van der Waals surface area (Å²) in [6.07, 6.45) is 0. The highest BCUT2D eigenvalue weighted by atomic mass is 32.2. The van der Waals surface area contributed by atoms with E-state index in [4.69, 9.17) is 10.00 Å². The zero-order chi connectivity index (χ0) is 17.4. The number of nitrogens with one attached hydrogen (secondary N) is 1. The molecule has 0 spiro atoms. The zero-order valence-electron chi connectivity index (χ0n) is 12.6. The molecule has 24 heavy (non-hydrogen) atoms. The number of amides is 1. The molecule has 2 aromatic rings. The van der Waals surface area contributed by atoms with E-state index in [1.807, 2.05) is 6.07 Å². The molecule has 0 aliphatic rings. The lowest BCUT2D eigenvalue weighted by Gasteiger charge is -2.10. The largest absolute Gasteiger partial charge is 0.508 e. The third kappa shape index (κ3) is 5.04. The summed E-state index contributed by atoms with van der Waals surface area (Å²) in [5, 5.41) is 20.6. The Bertz CT molecular complexity index is 786. The van der Waals surface area contributed by atoms with Gasteiger partial charge in [-0.25, -0.2) is 4.79 Å². The number of hydrogen-bond acceptors (Lipinski definition) is 6. The number of anilines is 1. The lowest BCUT2D eigenvalue weighted by Crippen LogP contribution is -2.21. The van der Waals surface area contributed by atoms with Crippen molar-refractivity contribution in [3.05, 3.63) is 54.1 Å². The Morgan fingerprint density at radius 1 is 1.21 bits per heavy atom. The monoisotopic (exact) mass is 342 g/mol. The molecule has 2 rings (SSSR count). The second kappa shape index (κ2) is 8.60. The average Bonchev–Trinajstić information content (AvgIpc) is 2.59. The fourth-order valence-electron chi connectivity index (χ4n) is 1.84. The maximum Gasteiger partial charge on any atom is 0.338 e. The third-order valence-electron chi connectivity index (χ3n) is 2.87. The molecule has 0 radical (unpaired) electrons. The first-order chi connectivity index (χ1) is 11.6. The summed E-state index contributed by atoms with van der Waals surface area (Å²) >= 11 is 1.30. The van der Waals surface area contributed by atoms with Crippen LogP contribution in [-0.2, 0) is 9.53 Å². The summed E-state index contributed by atoms with van der Waals surface area (Å²) < 4.78 is 4.92. The van der Waals surface area contributed by atoms with Gasteiger partial charge in [-0.05, 0) is 30.3 Å². The number of rotatable bonds is 6. The SMILES string of the molecule is N#CCSc1ccccc1NC(=O)COC(=O)c1cccc(O)c1. The van der Waals surface area contributed by atoms with Crippen molar-refractivity contribution in [3.8, 4) is 11.8 Å². The van der Waals surface area contributed by atoms with Crippen molar-refractivity contribution in [2.75, 3.05) is 17.7 Å². The molecule has 0 aliphatic carbocycles. The first kappa shape index (κ1) is 17.4. The van der Waals surface area contributed by atoms with E-state index in [0.29, 0.717) is 5.69 Å². The van der Waals surface area contributed by atoms with Crippen LogP contribution >= 0.6 is 11.8 Å². The molecule has 1 amide bonds. The number of esters is 1. The van der Waals surface area contributed by atoms with Crippen LogP contribution in [0.3, 0.4) is 0 Å². The average molecular weight is 342 g/mol. The van der Waals surface area contributed by atoms with Crippen LogP contribution < -0.4 is 5.32 Å². The number of nitrogens with zero attached hydrogens (tertiary/aromatic N) is 1. The second-order valence-corrected chi connectivity index (χ2v) is 5.63. The van der Waals surface area contributed by atoms with E-state index in [9.17, 15) is 14.7 Å². The third-order valence-corrected chi connectivity index (χ3v) is 3.81. The Balaban J connectivity index is 1.92. The van der Waals surface area contributed by atoms with Crippen LogP contribution in [0.1, 0.15) is 10.4 Å². The van der Waals surface area contributed by atoms with Gasteiger partial charge in [0.1, 0.15) is 5.75 Å². The number of carbonyl (C=O) groups excluding carboxylic acids is 2. The number of nitriles is 1. The number of hydrogen-bond donors (Lipinski definition) is 2. The Kier molecular flexibility index (Phi) is 6.23. The molecule has 2 aromatic carbocycles. The van der Waals surface area contributed by atoms with E-state index in [1.165, 1.54) is 36.0 Å². The quantitative estimate of drug-likeness (QED) is 0.618. The van der Waals surface area contributed by atoms with Crippen LogP contribution in [0.5, 0.6) is 5.75 Å². The maximum absolute atomic E-state index is 11.9. The molecule has 0 atom stereocenters. The van der Waals surface area contributed by atoms with Gasteiger partial charge in [0.25, 0.3) is 5.91 Å². The van der Waals surface area contributed by atoms with Crippen molar-refractivity contribution in [1.82, 2.24) is 0 Å². The Hall–Kier alpha value is -2.98. The number of aromatic hydroxyl groups is 1. The number of phenolic OH excluding ortho intramolecular Hbond substituents is 1. The van der Waals surface area contributed by atoms with Gasteiger partial charge >= 0.3 is 5.97 Å². The van der Waals surface area contributed by atoms with E-state index >= 15 is 0 Å². The molecule has 122 valence electrons. The highest BCUT2D eigenvalue weighted by molar-refractivity contribution is 7.99. The topological polar surface area (TPSA) is 99.4 Å². The van der Waals surface area contributed by atoms with Crippen LogP contribution in [0.25, 0.3) is 0 Å². The number of para-hydroxylation sites is 1. The molecule has 0 bridgehead atoms. The lowest BCUT2D eigenvalue weighted by atomic mass is 10.2. The van der Waals surface area contributed by atoms with Crippen molar-refractivity contribution < 1.29 is 19.4 Å². The molecular weight excluding hydrogens is 328 g/mol. The van der Waals surface area contributed by atoms with Crippen LogP contribution in [-0.4, -0.2) is 29.3 Å². The molecule has 0 heterocycles. The minimum atomic E-state index is -0.701. The Morgan fingerprint density at radius 3 is 2.75 bits per heavy atom. The van der Waals surface area contributed by atoms with E-state index in [1.54, 1.807) is 24.3 Å². The minimum absolute atomic E-state index is 0.0580. The van der Waals surface area contributed by atoms with Crippen LogP contribution in [0, 0.1) is 11.3 Å².